The molecule has 1 amide bonds. The number of halogens is 2. The summed E-state index contributed by atoms with van der Waals surface area (Å²) in [6, 6.07) is 10.0. The van der Waals surface area contributed by atoms with Gasteiger partial charge < -0.3 is 5.32 Å². The topological polar surface area (TPSA) is 42.0 Å². The number of nitrogens with one attached hydrogen (secondary N) is 1. The van der Waals surface area contributed by atoms with E-state index in [0.29, 0.717) is 34.1 Å². The lowest BCUT2D eigenvalue weighted by Gasteiger charge is -2.14. The molecule has 3 aromatic rings. The molecule has 27 heavy (non-hydrogen) atoms. The van der Waals surface area contributed by atoms with E-state index in [1.165, 1.54) is 0 Å². The van der Waals surface area contributed by atoms with E-state index in [4.69, 9.17) is 23.2 Å². The Morgan fingerprint density at radius 3 is 2.56 bits per heavy atom. The number of hydrogen-bond acceptors (Lipinski definition) is 3. The Morgan fingerprint density at radius 2 is 1.93 bits per heavy atom. The van der Waals surface area contributed by atoms with Crippen LogP contribution in [0.5, 0.6) is 0 Å². The van der Waals surface area contributed by atoms with Gasteiger partial charge >= 0.3 is 0 Å². The van der Waals surface area contributed by atoms with E-state index in [-0.39, 0.29) is 5.91 Å². The van der Waals surface area contributed by atoms with Crippen molar-refractivity contribution in [3.63, 3.8) is 0 Å². The van der Waals surface area contributed by atoms with E-state index in [1.807, 2.05) is 42.9 Å². The molecular formula is C21H20Cl2N2OS. The minimum absolute atomic E-state index is 0.118. The highest BCUT2D eigenvalue weighted by molar-refractivity contribution is 7.07. The molecule has 0 saturated heterocycles. The Kier molecular flexibility index (Phi) is 6.53. The van der Waals surface area contributed by atoms with E-state index in [2.05, 4.69) is 22.4 Å². The van der Waals surface area contributed by atoms with Crippen molar-refractivity contribution in [1.82, 2.24) is 10.3 Å². The second kappa shape index (κ2) is 8.87. The molecule has 2 aromatic carbocycles. The van der Waals surface area contributed by atoms with Gasteiger partial charge in [0, 0.05) is 23.1 Å². The number of carbonyl (C=O) groups excluding carboxylic acids is 1. The molecule has 0 spiro atoms. The number of amides is 1. The molecule has 0 aliphatic heterocycles. The van der Waals surface area contributed by atoms with Gasteiger partial charge in [-0.25, -0.2) is 4.98 Å². The van der Waals surface area contributed by atoms with Crippen molar-refractivity contribution in [2.45, 2.75) is 26.7 Å². The highest BCUT2D eigenvalue weighted by atomic mass is 35.5. The number of nitrogens with zero attached hydrogens (tertiary/aromatic N) is 1. The third kappa shape index (κ3) is 4.52. The van der Waals surface area contributed by atoms with Crippen LogP contribution >= 0.6 is 34.5 Å². The number of thiazole rings is 1. The molecule has 3 rings (SSSR count). The summed E-state index contributed by atoms with van der Waals surface area (Å²) in [6.45, 7) is 4.47. The monoisotopic (exact) mass is 418 g/mol. The van der Waals surface area contributed by atoms with Gasteiger partial charge in [0.25, 0.3) is 5.91 Å². The second-order valence-electron chi connectivity index (χ2n) is 6.34. The van der Waals surface area contributed by atoms with Crippen molar-refractivity contribution in [3.8, 4) is 11.3 Å². The van der Waals surface area contributed by atoms with Crippen LogP contribution in [0, 0.1) is 6.92 Å². The van der Waals surface area contributed by atoms with E-state index in [1.54, 1.807) is 11.3 Å². The maximum absolute atomic E-state index is 12.4. The molecule has 1 N–H and O–H groups in total. The quantitative estimate of drug-likeness (QED) is 0.520. The second-order valence-corrected chi connectivity index (χ2v) is 7.81. The molecular weight excluding hydrogens is 399 g/mol. The molecule has 3 nitrogen and oxygen atoms in total. The van der Waals surface area contributed by atoms with Crippen LogP contribution in [0.1, 0.15) is 40.4 Å². The van der Waals surface area contributed by atoms with Crippen molar-refractivity contribution in [2.24, 2.45) is 0 Å². The number of aromatic nitrogens is 1. The smallest absolute Gasteiger partial charge is 0.251 e. The van der Waals surface area contributed by atoms with Crippen LogP contribution in [0.2, 0.25) is 10.0 Å². The van der Waals surface area contributed by atoms with Crippen molar-refractivity contribution in [2.75, 3.05) is 6.54 Å². The van der Waals surface area contributed by atoms with Crippen LogP contribution in [-0.2, 0) is 6.42 Å². The number of rotatable bonds is 6. The van der Waals surface area contributed by atoms with Crippen LogP contribution in [0.15, 0.2) is 41.2 Å². The standard InChI is InChI=1S/C21H20Cl2N2OS/c1-3-8-24-21(26)17-10-16(20(23)19(22)13(17)2)9-14-4-6-15(7-5-14)18-11-27-12-25-18/h4-7,10-12H,3,8-9H2,1-2H3,(H,24,26). The normalized spacial score (nSPS) is 10.8. The summed E-state index contributed by atoms with van der Waals surface area (Å²) in [5.41, 5.74) is 7.09. The SMILES string of the molecule is CCCNC(=O)c1cc(Cc2ccc(-c3cscn3)cc2)c(Cl)c(Cl)c1C. The average molecular weight is 419 g/mol. The molecule has 0 aliphatic rings. The summed E-state index contributed by atoms with van der Waals surface area (Å²) in [7, 11) is 0. The van der Waals surface area contributed by atoms with Crippen LogP contribution < -0.4 is 5.32 Å². The first kappa shape index (κ1) is 19.9. The van der Waals surface area contributed by atoms with Gasteiger partial charge in [-0.3, -0.25) is 4.79 Å². The first-order valence-electron chi connectivity index (χ1n) is 8.74. The summed E-state index contributed by atoms with van der Waals surface area (Å²) in [4.78, 5) is 16.8. The number of benzene rings is 2. The lowest BCUT2D eigenvalue weighted by molar-refractivity contribution is 0.0953. The molecule has 0 atom stereocenters. The molecule has 1 heterocycles. The summed E-state index contributed by atoms with van der Waals surface area (Å²) < 4.78 is 0. The molecule has 0 aliphatic carbocycles. The predicted octanol–water partition coefficient (Wildman–Crippen LogP) is 6.16. The minimum Gasteiger partial charge on any atom is -0.352 e. The Balaban J connectivity index is 1.87. The molecule has 0 fully saturated rings. The Labute approximate surface area is 173 Å². The fraction of sp³-hybridized carbons (Fsp3) is 0.238. The van der Waals surface area contributed by atoms with E-state index >= 15 is 0 Å². The van der Waals surface area contributed by atoms with E-state index < -0.39 is 0 Å². The molecule has 0 unspecified atom stereocenters. The largest absolute Gasteiger partial charge is 0.352 e. The van der Waals surface area contributed by atoms with Gasteiger partial charge in [-0.15, -0.1) is 11.3 Å². The number of hydrogen-bond donors (Lipinski definition) is 1. The molecule has 1 aromatic heterocycles. The highest BCUT2D eigenvalue weighted by Crippen LogP contribution is 2.33. The summed E-state index contributed by atoms with van der Waals surface area (Å²) >= 11 is 14.5. The first-order valence-corrected chi connectivity index (χ1v) is 10.4. The average Bonchev–Trinajstić information content (AvgIpc) is 3.22. The van der Waals surface area contributed by atoms with Gasteiger partial charge in [0.2, 0.25) is 0 Å². The Hall–Kier alpha value is -1.88. The zero-order valence-electron chi connectivity index (χ0n) is 15.2. The molecule has 0 radical (unpaired) electrons. The third-order valence-electron chi connectivity index (χ3n) is 4.38. The molecule has 0 saturated carbocycles. The van der Waals surface area contributed by atoms with E-state index in [0.717, 1.165) is 28.8 Å². The van der Waals surface area contributed by atoms with Crippen molar-refractivity contribution >= 4 is 40.4 Å². The first-order chi connectivity index (χ1) is 13.0. The van der Waals surface area contributed by atoms with Gasteiger partial charge in [0.15, 0.2) is 0 Å². The molecule has 6 heteroatoms. The minimum atomic E-state index is -0.118. The maximum Gasteiger partial charge on any atom is 0.251 e. The molecule has 140 valence electrons. The lowest BCUT2D eigenvalue weighted by Crippen LogP contribution is -2.25. The van der Waals surface area contributed by atoms with E-state index in [9.17, 15) is 4.79 Å². The summed E-state index contributed by atoms with van der Waals surface area (Å²) in [5, 5.41) is 5.87. The fourth-order valence-corrected chi connectivity index (χ4v) is 3.88. The van der Waals surface area contributed by atoms with Crippen molar-refractivity contribution in [1.29, 1.82) is 0 Å². The lowest BCUT2D eigenvalue weighted by atomic mass is 9.98. The van der Waals surface area contributed by atoms with Gasteiger partial charge in [0.05, 0.1) is 21.2 Å². The van der Waals surface area contributed by atoms with Crippen molar-refractivity contribution < 1.29 is 4.79 Å². The highest BCUT2D eigenvalue weighted by Gasteiger charge is 2.17. The Bertz CT molecular complexity index is 938. The van der Waals surface area contributed by atoms with Gasteiger partial charge in [0.1, 0.15) is 0 Å². The van der Waals surface area contributed by atoms with Gasteiger partial charge in [-0.2, -0.15) is 0 Å². The predicted molar refractivity (Wildman–Crippen MR) is 114 cm³/mol. The Morgan fingerprint density at radius 1 is 1.19 bits per heavy atom. The fourth-order valence-electron chi connectivity index (χ4n) is 2.84. The maximum atomic E-state index is 12.4. The number of carbonyl (C=O) groups is 1. The van der Waals surface area contributed by atoms with Crippen LogP contribution in [0.25, 0.3) is 11.3 Å². The zero-order chi connectivity index (χ0) is 19.4. The summed E-state index contributed by atoms with van der Waals surface area (Å²) in [5.74, 6) is -0.118. The van der Waals surface area contributed by atoms with Crippen LogP contribution in [-0.4, -0.2) is 17.4 Å². The van der Waals surface area contributed by atoms with Gasteiger partial charge in [-0.1, -0.05) is 54.4 Å². The van der Waals surface area contributed by atoms with Crippen LogP contribution in [0.4, 0.5) is 0 Å². The third-order valence-corrected chi connectivity index (χ3v) is 5.97. The van der Waals surface area contributed by atoms with Gasteiger partial charge in [-0.05, 0) is 42.5 Å². The van der Waals surface area contributed by atoms with Crippen molar-refractivity contribution in [3.05, 3.63) is 73.5 Å². The summed E-state index contributed by atoms with van der Waals surface area (Å²) in [6.07, 6.45) is 1.48. The van der Waals surface area contributed by atoms with Crippen LogP contribution in [0.3, 0.4) is 0 Å². The molecule has 0 bridgehead atoms. The zero-order valence-corrected chi connectivity index (χ0v) is 17.5.